The van der Waals surface area contributed by atoms with Crippen molar-refractivity contribution in [2.24, 2.45) is 0 Å². The van der Waals surface area contributed by atoms with Crippen LogP contribution in [0.2, 0.25) is 0 Å². The van der Waals surface area contributed by atoms with Gasteiger partial charge in [-0.1, -0.05) is 12.1 Å². The minimum absolute atomic E-state index is 0.0394. The molecule has 20 heavy (non-hydrogen) atoms. The van der Waals surface area contributed by atoms with Gasteiger partial charge >= 0.3 is 0 Å². The molecular formula is C16H19N3O. The normalized spacial score (nSPS) is 12.6. The van der Waals surface area contributed by atoms with Crippen LogP contribution in [0.15, 0.2) is 42.6 Å². The third kappa shape index (κ3) is 3.65. The first-order valence-electron chi connectivity index (χ1n) is 6.60. The number of aliphatic hydroxyl groups excluding tert-OH is 1. The first-order valence-corrected chi connectivity index (χ1v) is 6.60. The van der Waals surface area contributed by atoms with E-state index in [4.69, 9.17) is 0 Å². The summed E-state index contributed by atoms with van der Waals surface area (Å²) in [5, 5.41) is 9.20. The van der Waals surface area contributed by atoms with Crippen LogP contribution in [0.1, 0.15) is 18.3 Å². The van der Waals surface area contributed by atoms with Gasteiger partial charge in [0.2, 0.25) is 0 Å². The Kier molecular flexibility index (Phi) is 4.85. The molecule has 4 nitrogen and oxygen atoms in total. The van der Waals surface area contributed by atoms with Crippen molar-refractivity contribution < 1.29 is 5.11 Å². The van der Waals surface area contributed by atoms with Gasteiger partial charge in [0.25, 0.3) is 0 Å². The van der Waals surface area contributed by atoms with Crippen LogP contribution in [0.25, 0.3) is 12.2 Å². The summed E-state index contributed by atoms with van der Waals surface area (Å²) in [4.78, 5) is 10.7. The van der Waals surface area contributed by atoms with Crippen molar-refractivity contribution >= 4 is 18.0 Å². The molecule has 1 unspecified atom stereocenters. The number of aliphatic hydroxyl groups is 1. The Morgan fingerprint density at radius 3 is 2.60 bits per heavy atom. The van der Waals surface area contributed by atoms with E-state index >= 15 is 0 Å². The molecule has 4 heteroatoms. The minimum atomic E-state index is 0.0394. The monoisotopic (exact) mass is 269 g/mol. The van der Waals surface area contributed by atoms with Crippen LogP contribution in [0.5, 0.6) is 0 Å². The molecule has 0 aromatic carbocycles. The van der Waals surface area contributed by atoms with Crippen molar-refractivity contribution in [3.63, 3.8) is 0 Å². The minimum Gasteiger partial charge on any atom is -0.394 e. The summed E-state index contributed by atoms with van der Waals surface area (Å²) in [5.74, 6) is 0.842. The molecule has 0 saturated heterocycles. The number of hydrogen-bond acceptors (Lipinski definition) is 4. The van der Waals surface area contributed by atoms with Gasteiger partial charge in [-0.2, -0.15) is 0 Å². The maximum Gasteiger partial charge on any atom is 0.129 e. The van der Waals surface area contributed by atoms with Crippen LogP contribution >= 0.6 is 0 Å². The zero-order valence-corrected chi connectivity index (χ0v) is 11.8. The lowest BCUT2D eigenvalue weighted by Crippen LogP contribution is -2.32. The van der Waals surface area contributed by atoms with Gasteiger partial charge in [-0.15, -0.1) is 0 Å². The van der Waals surface area contributed by atoms with E-state index in [2.05, 4.69) is 9.97 Å². The topological polar surface area (TPSA) is 49.2 Å². The molecule has 0 spiro atoms. The standard InChI is InChI=1S/C16H19N3O/c1-13(12-20)19(2)16-8-5-7-15(18-16)10-9-14-6-3-4-11-17-14/h3-11,13,20H,12H2,1-2H3/b10-9+. The second-order valence-electron chi connectivity index (χ2n) is 4.65. The lowest BCUT2D eigenvalue weighted by molar-refractivity contribution is 0.270. The molecule has 1 N–H and O–H groups in total. The second-order valence-corrected chi connectivity index (χ2v) is 4.65. The number of anilines is 1. The Morgan fingerprint density at radius 2 is 1.90 bits per heavy atom. The predicted molar refractivity (Wildman–Crippen MR) is 82.4 cm³/mol. The molecule has 0 aliphatic rings. The molecule has 0 radical (unpaired) electrons. The lowest BCUT2D eigenvalue weighted by Gasteiger charge is -2.24. The molecule has 0 amide bonds. The molecule has 104 valence electrons. The Morgan fingerprint density at radius 1 is 1.15 bits per heavy atom. The summed E-state index contributed by atoms with van der Waals surface area (Å²) >= 11 is 0. The fourth-order valence-corrected chi connectivity index (χ4v) is 1.72. The van der Waals surface area contributed by atoms with Crippen molar-refractivity contribution in [2.75, 3.05) is 18.6 Å². The Balaban J connectivity index is 2.16. The average molecular weight is 269 g/mol. The first kappa shape index (κ1) is 14.2. The fraction of sp³-hybridized carbons (Fsp3) is 0.250. The number of nitrogens with zero attached hydrogens (tertiary/aromatic N) is 3. The maximum atomic E-state index is 9.20. The van der Waals surface area contributed by atoms with E-state index in [0.29, 0.717) is 0 Å². The molecule has 2 aromatic rings. The van der Waals surface area contributed by atoms with Crippen LogP contribution in [0.3, 0.4) is 0 Å². The number of likely N-dealkylation sites (N-methyl/N-ethyl adjacent to an activating group) is 1. The Labute approximate surface area is 119 Å². The highest BCUT2D eigenvalue weighted by molar-refractivity contribution is 5.66. The third-order valence-electron chi connectivity index (χ3n) is 3.16. The van der Waals surface area contributed by atoms with Gasteiger partial charge in [0, 0.05) is 13.2 Å². The smallest absolute Gasteiger partial charge is 0.129 e. The molecule has 2 heterocycles. The number of rotatable bonds is 5. The van der Waals surface area contributed by atoms with E-state index < -0.39 is 0 Å². The second kappa shape index (κ2) is 6.82. The summed E-state index contributed by atoms with van der Waals surface area (Å²) in [6, 6.07) is 11.7. The Hall–Kier alpha value is -2.20. The number of aromatic nitrogens is 2. The van der Waals surface area contributed by atoms with Gasteiger partial charge in [0.05, 0.1) is 24.0 Å². The van der Waals surface area contributed by atoms with E-state index in [0.717, 1.165) is 17.2 Å². The largest absolute Gasteiger partial charge is 0.394 e. The van der Waals surface area contributed by atoms with Crippen molar-refractivity contribution in [2.45, 2.75) is 13.0 Å². The van der Waals surface area contributed by atoms with Crippen molar-refractivity contribution in [1.29, 1.82) is 0 Å². The van der Waals surface area contributed by atoms with E-state index in [1.54, 1.807) is 6.20 Å². The number of hydrogen-bond donors (Lipinski definition) is 1. The fourth-order valence-electron chi connectivity index (χ4n) is 1.72. The van der Waals surface area contributed by atoms with Crippen molar-refractivity contribution in [3.05, 3.63) is 54.0 Å². The number of pyridine rings is 2. The van der Waals surface area contributed by atoms with Gasteiger partial charge in [-0.25, -0.2) is 4.98 Å². The van der Waals surface area contributed by atoms with Crippen LogP contribution < -0.4 is 4.90 Å². The summed E-state index contributed by atoms with van der Waals surface area (Å²) < 4.78 is 0. The maximum absolute atomic E-state index is 9.20. The third-order valence-corrected chi connectivity index (χ3v) is 3.16. The summed E-state index contributed by atoms with van der Waals surface area (Å²) in [7, 11) is 1.93. The van der Waals surface area contributed by atoms with E-state index in [1.165, 1.54) is 0 Å². The Bertz CT molecular complexity index is 569. The molecule has 0 saturated carbocycles. The molecule has 2 rings (SSSR count). The molecule has 0 aliphatic heterocycles. The zero-order chi connectivity index (χ0) is 14.4. The average Bonchev–Trinajstić information content (AvgIpc) is 2.52. The molecule has 2 aromatic heterocycles. The van der Waals surface area contributed by atoms with Gasteiger partial charge in [0.15, 0.2) is 0 Å². The quantitative estimate of drug-likeness (QED) is 0.906. The summed E-state index contributed by atoms with van der Waals surface area (Å²) in [6.45, 7) is 2.06. The zero-order valence-electron chi connectivity index (χ0n) is 11.8. The van der Waals surface area contributed by atoms with E-state index in [-0.39, 0.29) is 12.6 Å². The van der Waals surface area contributed by atoms with Gasteiger partial charge in [-0.05, 0) is 43.3 Å². The summed E-state index contributed by atoms with van der Waals surface area (Å²) in [6.07, 6.45) is 5.63. The van der Waals surface area contributed by atoms with Crippen LogP contribution in [-0.2, 0) is 0 Å². The van der Waals surface area contributed by atoms with Crippen molar-refractivity contribution in [1.82, 2.24) is 9.97 Å². The van der Waals surface area contributed by atoms with E-state index in [9.17, 15) is 5.11 Å². The predicted octanol–water partition coefficient (Wildman–Crippen LogP) is 2.46. The van der Waals surface area contributed by atoms with Crippen LogP contribution in [0.4, 0.5) is 5.82 Å². The molecule has 0 aliphatic carbocycles. The lowest BCUT2D eigenvalue weighted by atomic mass is 10.2. The van der Waals surface area contributed by atoms with Gasteiger partial charge < -0.3 is 10.0 Å². The highest BCUT2D eigenvalue weighted by Gasteiger charge is 2.09. The molecular weight excluding hydrogens is 250 g/mol. The van der Waals surface area contributed by atoms with Crippen molar-refractivity contribution in [3.8, 4) is 0 Å². The molecule has 1 atom stereocenters. The van der Waals surface area contributed by atoms with Gasteiger partial charge in [-0.3, -0.25) is 4.98 Å². The summed E-state index contributed by atoms with van der Waals surface area (Å²) in [5.41, 5.74) is 1.77. The van der Waals surface area contributed by atoms with Crippen LogP contribution in [-0.4, -0.2) is 34.8 Å². The highest BCUT2D eigenvalue weighted by Crippen LogP contribution is 2.14. The molecule has 0 fully saturated rings. The molecule has 0 bridgehead atoms. The highest BCUT2D eigenvalue weighted by atomic mass is 16.3. The first-order chi connectivity index (χ1) is 9.70. The SMILES string of the molecule is CC(CO)N(C)c1cccc(/C=C/c2ccccn2)n1. The van der Waals surface area contributed by atoms with E-state index in [1.807, 2.05) is 67.4 Å². The van der Waals surface area contributed by atoms with Gasteiger partial charge in [0.1, 0.15) is 5.82 Å². The van der Waals surface area contributed by atoms with Crippen LogP contribution in [0, 0.1) is 0 Å².